The molecule has 0 fully saturated rings. The van der Waals surface area contributed by atoms with Crippen molar-refractivity contribution in [1.29, 1.82) is 5.26 Å². The second-order valence-corrected chi connectivity index (χ2v) is 4.86. The molecule has 0 radical (unpaired) electrons. The van der Waals surface area contributed by atoms with E-state index in [0.29, 0.717) is 23.7 Å². The average Bonchev–Trinajstić information content (AvgIpc) is 2.60. The third kappa shape index (κ3) is 4.83. The van der Waals surface area contributed by atoms with E-state index in [-0.39, 0.29) is 0 Å². The summed E-state index contributed by atoms with van der Waals surface area (Å²) in [6.07, 6.45) is 6.85. The van der Waals surface area contributed by atoms with Crippen molar-refractivity contribution < 1.29 is 14.2 Å². The first-order valence-corrected chi connectivity index (χ1v) is 7.27. The van der Waals surface area contributed by atoms with E-state index in [1.807, 2.05) is 19.1 Å². The number of allylic oxidation sites excluding steroid dienone is 4. The minimum absolute atomic E-state index is 0.410. The lowest BCUT2D eigenvalue weighted by Crippen LogP contribution is -1.99. The van der Waals surface area contributed by atoms with Gasteiger partial charge < -0.3 is 14.2 Å². The van der Waals surface area contributed by atoms with E-state index < -0.39 is 0 Å². The second-order valence-electron chi connectivity index (χ2n) is 4.86. The number of ether oxygens (including phenoxy) is 3. The highest BCUT2D eigenvalue weighted by molar-refractivity contribution is 5.71. The summed E-state index contributed by atoms with van der Waals surface area (Å²) >= 11 is 0. The van der Waals surface area contributed by atoms with Crippen molar-refractivity contribution in [3.05, 3.63) is 52.8 Å². The first kappa shape index (κ1) is 19.2. The van der Waals surface area contributed by atoms with Crippen molar-refractivity contribution in [2.75, 3.05) is 21.3 Å². The molecular formula is C19H22N2O3. The standard InChI is InChI=1S/C19H22N2O3/c1-14(7-6-10-21-2)17(12-20)11-15-8-9-16(13-22-3)19(24-5)18(15)23-4/h6-11H,2,13H2,1,3-5H3. The normalized spacial score (nSPS) is 12.1. The quantitative estimate of drug-likeness (QED) is 0.413. The highest BCUT2D eigenvalue weighted by Gasteiger charge is 2.14. The van der Waals surface area contributed by atoms with Gasteiger partial charge in [0.1, 0.15) is 0 Å². The minimum Gasteiger partial charge on any atom is -0.492 e. The minimum atomic E-state index is 0.410. The zero-order valence-electron chi connectivity index (χ0n) is 14.5. The predicted molar refractivity (Wildman–Crippen MR) is 96.3 cm³/mol. The van der Waals surface area contributed by atoms with Crippen molar-refractivity contribution in [1.82, 2.24) is 0 Å². The molecule has 0 heterocycles. The lowest BCUT2D eigenvalue weighted by atomic mass is 10.0. The molecule has 1 rings (SSSR count). The van der Waals surface area contributed by atoms with Gasteiger partial charge in [-0.25, -0.2) is 0 Å². The van der Waals surface area contributed by atoms with Gasteiger partial charge in [0.2, 0.25) is 0 Å². The van der Waals surface area contributed by atoms with Gasteiger partial charge in [-0.05, 0) is 31.4 Å². The Morgan fingerprint density at radius 1 is 1.25 bits per heavy atom. The number of aliphatic imine (C=N–C) groups is 1. The van der Waals surface area contributed by atoms with Crippen molar-refractivity contribution >= 4 is 12.8 Å². The molecule has 0 saturated heterocycles. The lowest BCUT2D eigenvalue weighted by molar-refractivity contribution is 0.181. The van der Waals surface area contributed by atoms with Crippen molar-refractivity contribution in [3.8, 4) is 17.6 Å². The molecule has 1 aromatic carbocycles. The fourth-order valence-corrected chi connectivity index (χ4v) is 2.16. The van der Waals surface area contributed by atoms with Crippen LogP contribution < -0.4 is 9.47 Å². The molecule has 0 spiro atoms. The predicted octanol–water partition coefficient (Wildman–Crippen LogP) is 3.92. The number of hydrogen-bond acceptors (Lipinski definition) is 5. The van der Waals surface area contributed by atoms with Crippen LogP contribution in [0.3, 0.4) is 0 Å². The molecule has 5 nitrogen and oxygen atoms in total. The van der Waals surface area contributed by atoms with Crippen LogP contribution in [0, 0.1) is 11.3 Å². The van der Waals surface area contributed by atoms with Gasteiger partial charge in [0, 0.05) is 24.4 Å². The summed E-state index contributed by atoms with van der Waals surface area (Å²) < 4.78 is 16.1. The van der Waals surface area contributed by atoms with Crippen LogP contribution in [0.15, 0.2) is 46.6 Å². The molecule has 0 aromatic heterocycles. The summed E-state index contributed by atoms with van der Waals surface area (Å²) in [5.41, 5.74) is 2.95. The van der Waals surface area contributed by atoms with Crippen molar-refractivity contribution in [2.24, 2.45) is 4.99 Å². The van der Waals surface area contributed by atoms with Gasteiger partial charge in [-0.15, -0.1) is 0 Å². The van der Waals surface area contributed by atoms with E-state index >= 15 is 0 Å². The molecule has 0 unspecified atom stereocenters. The third-order valence-electron chi connectivity index (χ3n) is 3.32. The summed E-state index contributed by atoms with van der Waals surface area (Å²) in [7, 11) is 4.76. The highest BCUT2D eigenvalue weighted by Crippen LogP contribution is 2.36. The molecule has 0 aliphatic rings. The van der Waals surface area contributed by atoms with Gasteiger partial charge in [0.15, 0.2) is 11.5 Å². The maximum absolute atomic E-state index is 9.43. The average molecular weight is 326 g/mol. The molecule has 5 heteroatoms. The Labute approximate surface area is 143 Å². The van der Waals surface area contributed by atoms with Crippen LogP contribution >= 0.6 is 0 Å². The van der Waals surface area contributed by atoms with Crippen LogP contribution in [0.1, 0.15) is 18.1 Å². The molecule has 24 heavy (non-hydrogen) atoms. The Balaban J connectivity index is 3.39. The zero-order valence-corrected chi connectivity index (χ0v) is 14.5. The molecule has 0 amide bonds. The number of rotatable bonds is 8. The maximum Gasteiger partial charge on any atom is 0.168 e. The van der Waals surface area contributed by atoms with Crippen molar-refractivity contribution in [2.45, 2.75) is 13.5 Å². The highest BCUT2D eigenvalue weighted by atomic mass is 16.5. The molecule has 126 valence electrons. The molecule has 0 N–H and O–H groups in total. The topological polar surface area (TPSA) is 63.8 Å². The Hall–Kier alpha value is -2.84. The Bertz CT molecular complexity index is 710. The monoisotopic (exact) mass is 326 g/mol. The van der Waals surface area contributed by atoms with E-state index in [4.69, 9.17) is 14.2 Å². The van der Waals surface area contributed by atoms with Gasteiger partial charge in [-0.3, -0.25) is 4.99 Å². The summed E-state index contributed by atoms with van der Waals surface area (Å²) in [5.74, 6) is 1.17. The molecule has 0 aliphatic heterocycles. The Kier molecular flexibility index (Phi) is 8.03. The lowest BCUT2D eigenvalue weighted by Gasteiger charge is -2.15. The largest absolute Gasteiger partial charge is 0.492 e. The first-order chi connectivity index (χ1) is 11.6. The van der Waals surface area contributed by atoms with Crippen LogP contribution in [0.2, 0.25) is 0 Å². The van der Waals surface area contributed by atoms with Gasteiger partial charge in [-0.1, -0.05) is 18.2 Å². The van der Waals surface area contributed by atoms with E-state index in [1.165, 1.54) is 0 Å². The van der Waals surface area contributed by atoms with Gasteiger partial charge in [0.25, 0.3) is 0 Å². The van der Waals surface area contributed by atoms with Crippen LogP contribution in [0.4, 0.5) is 0 Å². The van der Waals surface area contributed by atoms with Gasteiger partial charge in [0.05, 0.1) is 32.5 Å². The Morgan fingerprint density at radius 3 is 2.50 bits per heavy atom. The number of nitrogens with zero attached hydrogens (tertiary/aromatic N) is 2. The summed E-state index contributed by atoms with van der Waals surface area (Å²) in [6.45, 7) is 5.63. The molecular weight excluding hydrogens is 304 g/mol. The van der Waals surface area contributed by atoms with Gasteiger partial charge >= 0.3 is 0 Å². The molecule has 1 aromatic rings. The summed E-state index contributed by atoms with van der Waals surface area (Å²) in [4.78, 5) is 3.63. The fourth-order valence-electron chi connectivity index (χ4n) is 2.16. The smallest absolute Gasteiger partial charge is 0.168 e. The fraction of sp³-hybridized carbons (Fsp3) is 0.263. The Morgan fingerprint density at radius 2 is 1.96 bits per heavy atom. The maximum atomic E-state index is 9.43. The number of nitriles is 1. The molecule has 0 bridgehead atoms. The molecule has 0 atom stereocenters. The zero-order chi connectivity index (χ0) is 17.9. The molecule has 0 aliphatic carbocycles. The van der Waals surface area contributed by atoms with Gasteiger partial charge in [-0.2, -0.15) is 5.26 Å². The SMILES string of the molecule is C=NC=CC=C(C)C(C#N)=Cc1ccc(COC)c(OC)c1OC. The first-order valence-electron chi connectivity index (χ1n) is 7.27. The number of benzene rings is 1. The van der Waals surface area contributed by atoms with E-state index in [1.54, 1.807) is 45.8 Å². The number of methoxy groups -OCH3 is 3. The van der Waals surface area contributed by atoms with Crippen LogP contribution in [0.5, 0.6) is 11.5 Å². The van der Waals surface area contributed by atoms with Crippen LogP contribution in [0.25, 0.3) is 6.08 Å². The molecule has 0 saturated carbocycles. The van der Waals surface area contributed by atoms with Crippen LogP contribution in [-0.4, -0.2) is 28.0 Å². The van der Waals surface area contributed by atoms with E-state index in [2.05, 4.69) is 17.8 Å². The summed E-state index contributed by atoms with van der Waals surface area (Å²) in [6, 6.07) is 5.97. The number of hydrogen-bond donors (Lipinski definition) is 0. The second kappa shape index (κ2) is 10.0. The summed E-state index contributed by atoms with van der Waals surface area (Å²) in [5, 5.41) is 9.43. The van der Waals surface area contributed by atoms with E-state index in [0.717, 1.165) is 16.7 Å². The van der Waals surface area contributed by atoms with Crippen molar-refractivity contribution in [3.63, 3.8) is 0 Å². The third-order valence-corrected chi connectivity index (χ3v) is 3.32. The van der Waals surface area contributed by atoms with Crippen LogP contribution in [-0.2, 0) is 11.3 Å². The van der Waals surface area contributed by atoms with E-state index in [9.17, 15) is 5.26 Å².